The molecule has 2 rings (SSSR count). The van der Waals surface area contributed by atoms with Crippen molar-refractivity contribution in [3.63, 3.8) is 0 Å². The number of nitrogens with one attached hydrogen (secondary N) is 2. The highest BCUT2D eigenvalue weighted by Crippen LogP contribution is 2.17. The number of nitrogens with zero attached hydrogens (tertiary/aromatic N) is 2. The van der Waals surface area contributed by atoms with Crippen molar-refractivity contribution in [2.75, 3.05) is 38.0 Å². The summed E-state index contributed by atoms with van der Waals surface area (Å²) in [5.74, 6) is 0.418. The summed E-state index contributed by atoms with van der Waals surface area (Å²) >= 11 is 0. The minimum Gasteiger partial charge on any atom is -0.338 e. The molecule has 1 aromatic heterocycles. The van der Waals surface area contributed by atoms with Crippen LogP contribution in [0.1, 0.15) is 17.7 Å². The average molecular weight is 252 g/mol. The Morgan fingerprint density at radius 2 is 2.28 bits per heavy atom. The molecule has 0 spiro atoms. The van der Waals surface area contributed by atoms with Crippen LogP contribution in [-0.4, -0.2) is 48.7 Å². The molecule has 6 heteroatoms. The van der Waals surface area contributed by atoms with E-state index in [9.17, 15) is 4.79 Å². The fraction of sp³-hybridized carbons (Fsp3) is 0.667. The fourth-order valence-electron chi connectivity index (χ4n) is 1.96. The van der Waals surface area contributed by atoms with Crippen LogP contribution in [-0.2, 0) is 4.79 Å². The van der Waals surface area contributed by atoms with Gasteiger partial charge in [-0.25, -0.2) is 0 Å². The first-order chi connectivity index (χ1) is 8.66. The second-order valence-corrected chi connectivity index (χ2v) is 4.65. The van der Waals surface area contributed by atoms with Gasteiger partial charge in [0.2, 0.25) is 11.8 Å². The molecule has 1 aromatic rings. The molecule has 6 nitrogen and oxygen atoms in total. The molecule has 0 aliphatic carbocycles. The number of hydrogen-bond acceptors (Lipinski definition) is 5. The van der Waals surface area contributed by atoms with Crippen molar-refractivity contribution in [3.8, 4) is 0 Å². The third-order valence-electron chi connectivity index (χ3n) is 3.21. The van der Waals surface area contributed by atoms with E-state index in [0.717, 1.165) is 43.9 Å². The van der Waals surface area contributed by atoms with E-state index in [0.29, 0.717) is 12.4 Å². The highest BCUT2D eigenvalue weighted by atomic mass is 16.5. The SMILES string of the molecule is Cc1noc(NC(=O)CN2CCCNCC2)c1C. The molecule has 1 fully saturated rings. The van der Waals surface area contributed by atoms with Crippen LogP contribution in [0, 0.1) is 13.8 Å². The number of anilines is 1. The topological polar surface area (TPSA) is 70.4 Å². The van der Waals surface area contributed by atoms with Gasteiger partial charge in [-0.1, -0.05) is 5.16 Å². The molecular weight excluding hydrogens is 232 g/mol. The Bertz CT molecular complexity index is 408. The molecular formula is C12H20N4O2. The van der Waals surface area contributed by atoms with Crippen molar-refractivity contribution in [1.29, 1.82) is 0 Å². The number of aryl methyl sites for hydroxylation is 1. The Morgan fingerprint density at radius 1 is 1.44 bits per heavy atom. The van der Waals surface area contributed by atoms with E-state index in [1.807, 2.05) is 13.8 Å². The van der Waals surface area contributed by atoms with Gasteiger partial charge in [0.15, 0.2) is 0 Å². The molecule has 1 amide bonds. The van der Waals surface area contributed by atoms with E-state index >= 15 is 0 Å². The number of rotatable bonds is 3. The summed E-state index contributed by atoms with van der Waals surface area (Å²) in [5, 5.41) is 9.90. The molecule has 2 heterocycles. The normalized spacial score (nSPS) is 17.4. The van der Waals surface area contributed by atoms with Crippen LogP contribution < -0.4 is 10.6 Å². The van der Waals surface area contributed by atoms with E-state index in [2.05, 4.69) is 20.7 Å². The van der Waals surface area contributed by atoms with Crippen LogP contribution in [0.4, 0.5) is 5.88 Å². The Balaban J connectivity index is 1.86. The van der Waals surface area contributed by atoms with E-state index in [1.165, 1.54) is 0 Å². The van der Waals surface area contributed by atoms with Crippen LogP contribution in [0.2, 0.25) is 0 Å². The van der Waals surface area contributed by atoms with E-state index in [-0.39, 0.29) is 5.91 Å². The second kappa shape index (κ2) is 5.97. The lowest BCUT2D eigenvalue weighted by molar-refractivity contribution is -0.117. The van der Waals surface area contributed by atoms with E-state index in [4.69, 9.17) is 4.52 Å². The fourth-order valence-corrected chi connectivity index (χ4v) is 1.96. The summed E-state index contributed by atoms with van der Waals surface area (Å²) in [6, 6.07) is 0. The highest BCUT2D eigenvalue weighted by molar-refractivity contribution is 5.91. The molecule has 2 N–H and O–H groups in total. The van der Waals surface area contributed by atoms with Gasteiger partial charge in [-0.15, -0.1) is 0 Å². The van der Waals surface area contributed by atoms with Crippen LogP contribution >= 0.6 is 0 Å². The zero-order valence-electron chi connectivity index (χ0n) is 11.0. The molecule has 0 radical (unpaired) electrons. The second-order valence-electron chi connectivity index (χ2n) is 4.65. The first-order valence-corrected chi connectivity index (χ1v) is 6.32. The molecule has 0 atom stereocenters. The van der Waals surface area contributed by atoms with Crippen LogP contribution in [0.5, 0.6) is 0 Å². The molecule has 1 aliphatic heterocycles. The summed E-state index contributed by atoms with van der Waals surface area (Å²) in [6.45, 7) is 7.97. The van der Waals surface area contributed by atoms with Crippen LogP contribution in [0.3, 0.4) is 0 Å². The Labute approximate surface area is 107 Å². The zero-order chi connectivity index (χ0) is 13.0. The van der Waals surface area contributed by atoms with Crippen LogP contribution in [0.25, 0.3) is 0 Å². The van der Waals surface area contributed by atoms with E-state index < -0.39 is 0 Å². The van der Waals surface area contributed by atoms with Gasteiger partial charge < -0.3 is 9.84 Å². The van der Waals surface area contributed by atoms with Crippen molar-refractivity contribution in [3.05, 3.63) is 11.3 Å². The monoisotopic (exact) mass is 252 g/mol. The first kappa shape index (κ1) is 13.0. The first-order valence-electron chi connectivity index (χ1n) is 6.32. The third-order valence-corrected chi connectivity index (χ3v) is 3.21. The lowest BCUT2D eigenvalue weighted by Gasteiger charge is -2.18. The summed E-state index contributed by atoms with van der Waals surface area (Å²) in [7, 11) is 0. The third kappa shape index (κ3) is 3.30. The maximum atomic E-state index is 11.9. The maximum absolute atomic E-state index is 11.9. The van der Waals surface area contributed by atoms with Gasteiger partial charge in [0.05, 0.1) is 12.2 Å². The van der Waals surface area contributed by atoms with E-state index in [1.54, 1.807) is 0 Å². The van der Waals surface area contributed by atoms with Crippen molar-refractivity contribution < 1.29 is 9.32 Å². The average Bonchev–Trinajstić information content (AvgIpc) is 2.60. The quantitative estimate of drug-likeness (QED) is 0.821. The van der Waals surface area contributed by atoms with Crippen molar-refractivity contribution in [2.45, 2.75) is 20.3 Å². The predicted molar refractivity (Wildman–Crippen MR) is 68.5 cm³/mol. The van der Waals surface area contributed by atoms with Gasteiger partial charge in [0.1, 0.15) is 0 Å². The minimum absolute atomic E-state index is 0.0452. The number of hydrogen-bond donors (Lipinski definition) is 2. The molecule has 1 saturated heterocycles. The standard InChI is InChI=1S/C12H20N4O2/c1-9-10(2)15-18-12(9)14-11(17)8-16-6-3-4-13-5-7-16/h13H,3-8H2,1-2H3,(H,14,17). The number of carbonyl (C=O) groups excluding carboxylic acids is 1. The number of aromatic nitrogens is 1. The molecule has 0 saturated carbocycles. The molecule has 0 bridgehead atoms. The number of carbonyl (C=O) groups is 1. The van der Waals surface area contributed by atoms with Crippen LogP contribution in [0.15, 0.2) is 4.52 Å². The van der Waals surface area contributed by atoms with Gasteiger partial charge >= 0.3 is 0 Å². The molecule has 1 aliphatic rings. The van der Waals surface area contributed by atoms with Crippen molar-refractivity contribution >= 4 is 11.8 Å². The number of amides is 1. The Hall–Kier alpha value is -1.40. The smallest absolute Gasteiger partial charge is 0.240 e. The Kier molecular flexibility index (Phi) is 4.33. The van der Waals surface area contributed by atoms with Gasteiger partial charge in [0, 0.05) is 18.7 Å². The lowest BCUT2D eigenvalue weighted by Crippen LogP contribution is -2.35. The van der Waals surface area contributed by atoms with Gasteiger partial charge in [-0.3, -0.25) is 15.0 Å². The van der Waals surface area contributed by atoms with Gasteiger partial charge in [0.25, 0.3) is 0 Å². The molecule has 0 unspecified atom stereocenters. The highest BCUT2D eigenvalue weighted by Gasteiger charge is 2.15. The van der Waals surface area contributed by atoms with Gasteiger partial charge in [-0.2, -0.15) is 0 Å². The van der Waals surface area contributed by atoms with Gasteiger partial charge in [-0.05, 0) is 33.4 Å². The lowest BCUT2D eigenvalue weighted by atomic mass is 10.3. The van der Waals surface area contributed by atoms with Crippen molar-refractivity contribution in [1.82, 2.24) is 15.4 Å². The summed E-state index contributed by atoms with van der Waals surface area (Å²) in [4.78, 5) is 14.0. The maximum Gasteiger partial charge on any atom is 0.240 e. The summed E-state index contributed by atoms with van der Waals surface area (Å²) in [6.07, 6.45) is 1.08. The zero-order valence-corrected chi connectivity index (χ0v) is 11.0. The van der Waals surface area contributed by atoms with Crippen molar-refractivity contribution in [2.24, 2.45) is 0 Å². The molecule has 100 valence electrons. The largest absolute Gasteiger partial charge is 0.338 e. The summed E-state index contributed by atoms with van der Waals surface area (Å²) in [5.41, 5.74) is 1.70. The minimum atomic E-state index is -0.0452. The summed E-state index contributed by atoms with van der Waals surface area (Å²) < 4.78 is 5.07. The predicted octanol–water partition coefficient (Wildman–Crippen LogP) is 0.525. The molecule has 18 heavy (non-hydrogen) atoms. The molecule has 0 aromatic carbocycles. The Morgan fingerprint density at radius 3 is 3.00 bits per heavy atom.